The minimum atomic E-state index is -1.15. The van der Waals surface area contributed by atoms with Crippen molar-refractivity contribution in [3.05, 3.63) is 59.7 Å². The largest absolute Gasteiger partial charge is 0.481 e. The van der Waals surface area contributed by atoms with Crippen molar-refractivity contribution in [3.63, 3.8) is 0 Å². The summed E-state index contributed by atoms with van der Waals surface area (Å²) in [6.07, 6.45) is -1.25. The molecule has 0 saturated carbocycles. The number of amides is 2. The Bertz CT molecular complexity index is 1090. The van der Waals surface area contributed by atoms with Gasteiger partial charge in [-0.05, 0) is 39.3 Å². The molecule has 2 amide bonds. The molecule has 1 unspecified atom stereocenters. The topological polar surface area (TPSA) is 95.9 Å². The molecule has 2 heterocycles. The summed E-state index contributed by atoms with van der Waals surface area (Å²) in [5.74, 6) is 0.799. The minimum absolute atomic E-state index is 0.0534. The number of alkyl carbamates (subject to hydrolysis) is 1. The van der Waals surface area contributed by atoms with Crippen LogP contribution < -0.4 is 5.32 Å². The molecule has 3 atom stereocenters. The van der Waals surface area contributed by atoms with Crippen molar-refractivity contribution >= 4 is 29.7 Å². The maximum Gasteiger partial charge on any atom is 0.407 e. The van der Waals surface area contributed by atoms with E-state index in [9.17, 15) is 19.5 Å². The van der Waals surface area contributed by atoms with Gasteiger partial charge in [0.25, 0.3) is 0 Å². The number of carbonyl (C=O) groups is 3. The van der Waals surface area contributed by atoms with Crippen LogP contribution in [0, 0.1) is 11.3 Å². The predicted molar refractivity (Wildman–Crippen MR) is 130 cm³/mol. The maximum absolute atomic E-state index is 13.2. The van der Waals surface area contributed by atoms with Crippen LogP contribution in [0.2, 0.25) is 0 Å². The SMILES string of the molecule is C[C@]12CSC[C@H]1CN(C(=O)C(CC(=O)O)NC(=O)OCC1c3ccccc3-c3ccccc31)C2. The van der Waals surface area contributed by atoms with Crippen LogP contribution in [-0.4, -0.2) is 65.2 Å². The third-order valence-corrected chi connectivity index (χ3v) is 8.86. The van der Waals surface area contributed by atoms with Crippen LogP contribution >= 0.6 is 11.8 Å². The van der Waals surface area contributed by atoms with E-state index >= 15 is 0 Å². The summed E-state index contributed by atoms with van der Waals surface area (Å²) >= 11 is 1.90. The van der Waals surface area contributed by atoms with E-state index in [1.54, 1.807) is 4.90 Å². The third-order valence-electron chi connectivity index (χ3n) is 7.35. The van der Waals surface area contributed by atoms with Crippen molar-refractivity contribution in [2.75, 3.05) is 31.2 Å². The zero-order valence-corrected chi connectivity index (χ0v) is 19.8. The molecule has 5 rings (SSSR count). The number of carboxylic acid groups (broad SMARTS) is 1. The van der Waals surface area contributed by atoms with E-state index in [1.807, 2.05) is 48.2 Å². The fourth-order valence-electron chi connectivity index (χ4n) is 5.51. The fraction of sp³-hybridized carbons (Fsp3) is 0.423. The second kappa shape index (κ2) is 8.98. The first kappa shape index (κ1) is 22.8. The lowest BCUT2D eigenvalue weighted by Gasteiger charge is -2.26. The van der Waals surface area contributed by atoms with Crippen molar-refractivity contribution in [1.82, 2.24) is 10.2 Å². The quantitative estimate of drug-likeness (QED) is 0.656. The molecule has 2 aliphatic heterocycles. The Morgan fingerprint density at radius 3 is 2.41 bits per heavy atom. The molecular formula is C26H28N2O5S. The lowest BCUT2D eigenvalue weighted by Crippen LogP contribution is -2.49. The zero-order chi connectivity index (χ0) is 23.9. The number of nitrogens with one attached hydrogen (secondary N) is 1. The van der Waals surface area contributed by atoms with Gasteiger partial charge < -0.3 is 20.1 Å². The Morgan fingerprint density at radius 1 is 1.15 bits per heavy atom. The molecule has 2 aromatic rings. The highest BCUT2D eigenvalue weighted by atomic mass is 32.2. The average molecular weight is 481 g/mol. The molecule has 2 aromatic carbocycles. The van der Waals surface area contributed by atoms with E-state index < -0.39 is 24.5 Å². The number of thioether (sulfide) groups is 1. The minimum Gasteiger partial charge on any atom is -0.481 e. The lowest BCUT2D eigenvalue weighted by atomic mass is 9.84. The number of rotatable bonds is 6. The predicted octanol–water partition coefficient (Wildman–Crippen LogP) is 3.58. The normalized spacial score (nSPS) is 23.7. The van der Waals surface area contributed by atoms with Gasteiger partial charge in [0, 0.05) is 24.8 Å². The maximum atomic E-state index is 13.2. The molecule has 1 aliphatic carbocycles. The van der Waals surface area contributed by atoms with E-state index in [0.717, 1.165) is 33.8 Å². The molecule has 0 spiro atoms. The molecule has 0 bridgehead atoms. The smallest absolute Gasteiger partial charge is 0.407 e. The van der Waals surface area contributed by atoms with Crippen LogP contribution in [0.15, 0.2) is 48.5 Å². The van der Waals surface area contributed by atoms with Gasteiger partial charge in [0.15, 0.2) is 0 Å². The number of likely N-dealkylation sites (tertiary alicyclic amines) is 1. The molecule has 0 radical (unpaired) electrons. The van der Waals surface area contributed by atoms with Crippen molar-refractivity contribution < 1.29 is 24.2 Å². The lowest BCUT2D eigenvalue weighted by molar-refractivity contribution is -0.142. The molecule has 8 heteroatoms. The highest BCUT2D eigenvalue weighted by Gasteiger charge is 2.49. The van der Waals surface area contributed by atoms with Gasteiger partial charge in [-0.15, -0.1) is 0 Å². The van der Waals surface area contributed by atoms with Crippen LogP contribution in [0.1, 0.15) is 30.4 Å². The van der Waals surface area contributed by atoms with Gasteiger partial charge in [-0.1, -0.05) is 55.5 Å². The molecule has 2 fully saturated rings. The van der Waals surface area contributed by atoms with Gasteiger partial charge in [0.2, 0.25) is 5.91 Å². The summed E-state index contributed by atoms with van der Waals surface area (Å²) in [6.45, 7) is 3.47. The van der Waals surface area contributed by atoms with Crippen LogP contribution in [0.5, 0.6) is 0 Å². The number of ether oxygens (including phenoxy) is 1. The van der Waals surface area contributed by atoms with Gasteiger partial charge >= 0.3 is 12.1 Å². The first-order valence-corrected chi connectivity index (χ1v) is 12.7. The van der Waals surface area contributed by atoms with E-state index in [4.69, 9.17) is 4.74 Å². The molecule has 34 heavy (non-hydrogen) atoms. The number of fused-ring (bicyclic) bond motifs is 4. The van der Waals surface area contributed by atoms with Crippen LogP contribution in [0.4, 0.5) is 4.79 Å². The van der Waals surface area contributed by atoms with Crippen LogP contribution in [-0.2, 0) is 14.3 Å². The van der Waals surface area contributed by atoms with Crippen molar-refractivity contribution in [1.29, 1.82) is 0 Å². The number of nitrogens with zero attached hydrogens (tertiary/aromatic N) is 1. The molecule has 3 aliphatic rings. The second-order valence-corrected chi connectivity index (χ2v) is 10.7. The summed E-state index contributed by atoms with van der Waals surface area (Å²) in [4.78, 5) is 39.0. The zero-order valence-electron chi connectivity index (χ0n) is 19.0. The first-order valence-electron chi connectivity index (χ1n) is 11.6. The van der Waals surface area contributed by atoms with E-state index in [0.29, 0.717) is 19.0 Å². The Balaban J connectivity index is 1.25. The van der Waals surface area contributed by atoms with Crippen LogP contribution in [0.3, 0.4) is 0 Å². The second-order valence-electron chi connectivity index (χ2n) is 9.71. The summed E-state index contributed by atoms with van der Waals surface area (Å²) in [5.41, 5.74) is 4.47. The average Bonchev–Trinajstić information content (AvgIpc) is 3.44. The summed E-state index contributed by atoms with van der Waals surface area (Å²) in [6, 6.07) is 14.9. The highest BCUT2D eigenvalue weighted by Crippen LogP contribution is 2.46. The molecule has 2 saturated heterocycles. The number of benzene rings is 2. The number of carbonyl (C=O) groups excluding carboxylic acids is 2. The van der Waals surface area contributed by atoms with E-state index in [-0.39, 0.29) is 23.8 Å². The number of hydrogen-bond acceptors (Lipinski definition) is 5. The standard InChI is InChI=1S/C26H28N2O5S/c1-26-14-28(11-16(26)13-34-15-26)24(31)22(10-23(29)30)27-25(32)33-12-21-19-8-4-2-6-17(19)18-7-3-5-9-20(18)21/h2-9,16,21-22H,10-15H2,1H3,(H,27,32)(H,29,30)/t16-,22?,26+/m1/s1. The van der Waals surface area contributed by atoms with E-state index in [1.165, 1.54) is 0 Å². The summed E-state index contributed by atoms with van der Waals surface area (Å²) < 4.78 is 5.54. The molecule has 7 nitrogen and oxygen atoms in total. The number of hydrogen-bond donors (Lipinski definition) is 2. The Labute approximate surface area is 202 Å². The van der Waals surface area contributed by atoms with Gasteiger partial charge in [0.05, 0.1) is 6.42 Å². The van der Waals surface area contributed by atoms with Gasteiger partial charge in [-0.3, -0.25) is 9.59 Å². The van der Waals surface area contributed by atoms with Gasteiger partial charge in [-0.25, -0.2) is 4.79 Å². The Hall–Kier alpha value is -3.00. The fourth-order valence-corrected chi connectivity index (χ4v) is 7.22. The summed E-state index contributed by atoms with van der Waals surface area (Å²) in [7, 11) is 0. The molecular weight excluding hydrogens is 452 g/mol. The van der Waals surface area contributed by atoms with E-state index in [2.05, 4.69) is 24.4 Å². The van der Waals surface area contributed by atoms with Crippen molar-refractivity contribution in [2.45, 2.75) is 25.3 Å². The molecule has 178 valence electrons. The summed E-state index contributed by atoms with van der Waals surface area (Å²) in [5, 5.41) is 11.9. The first-order chi connectivity index (χ1) is 16.4. The monoisotopic (exact) mass is 480 g/mol. The molecule has 0 aromatic heterocycles. The third kappa shape index (κ3) is 4.15. The Kier molecular flexibility index (Phi) is 6.02. The van der Waals surface area contributed by atoms with Crippen LogP contribution in [0.25, 0.3) is 11.1 Å². The van der Waals surface area contributed by atoms with Gasteiger partial charge in [-0.2, -0.15) is 11.8 Å². The van der Waals surface area contributed by atoms with Gasteiger partial charge in [0.1, 0.15) is 12.6 Å². The number of aliphatic carboxylic acids is 1. The highest BCUT2D eigenvalue weighted by molar-refractivity contribution is 7.99. The number of carboxylic acids is 1. The molecule has 2 N–H and O–H groups in total. The Morgan fingerprint density at radius 2 is 1.79 bits per heavy atom. The van der Waals surface area contributed by atoms with Crippen molar-refractivity contribution in [2.24, 2.45) is 11.3 Å². The van der Waals surface area contributed by atoms with Crippen molar-refractivity contribution in [3.8, 4) is 11.1 Å².